The number of rotatable bonds is 3. The lowest BCUT2D eigenvalue weighted by Crippen LogP contribution is -2.31. The number of alkyl halides is 3. The van der Waals surface area contributed by atoms with E-state index in [1.165, 1.54) is 18.2 Å². The Hall–Kier alpha value is -1.72. The van der Waals surface area contributed by atoms with Gasteiger partial charge in [-0.05, 0) is 30.9 Å². The topological polar surface area (TPSA) is 41.1 Å². The Labute approximate surface area is 102 Å². The number of nitrogens with one attached hydrogen (secondary N) is 2. The quantitative estimate of drug-likeness (QED) is 0.858. The average molecular weight is 258 g/mol. The second-order valence-corrected chi connectivity index (χ2v) is 4.32. The summed E-state index contributed by atoms with van der Waals surface area (Å²) >= 11 is 0. The van der Waals surface area contributed by atoms with Gasteiger partial charge in [0, 0.05) is 6.54 Å². The number of anilines is 1. The standard InChI is InChI=1S/C12H13F3N2O/c13-12(14,15)9-3-1-2-4-10(9)17-11(18)16-7-8-5-6-8/h1-4,8H,5-7H2,(H2,16,17,18). The van der Waals surface area contributed by atoms with E-state index in [-0.39, 0.29) is 5.69 Å². The molecule has 0 aliphatic heterocycles. The van der Waals surface area contributed by atoms with Crippen molar-refractivity contribution in [1.82, 2.24) is 5.32 Å². The molecule has 0 radical (unpaired) electrons. The molecule has 0 saturated heterocycles. The van der Waals surface area contributed by atoms with E-state index in [1.54, 1.807) is 0 Å². The summed E-state index contributed by atoms with van der Waals surface area (Å²) in [6.07, 6.45) is -2.33. The van der Waals surface area contributed by atoms with Crippen molar-refractivity contribution in [2.24, 2.45) is 5.92 Å². The summed E-state index contributed by atoms with van der Waals surface area (Å²) in [5, 5.41) is 4.78. The second-order valence-electron chi connectivity index (χ2n) is 4.32. The summed E-state index contributed by atoms with van der Waals surface area (Å²) in [5.74, 6) is 0.480. The van der Waals surface area contributed by atoms with Gasteiger partial charge >= 0.3 is 12.2 Å². The van der Waals surface area contributed by atoms with Crippen molar-refractivity contribution < 1.29 is 18.0 Å². The lowest BCUT2D eigenvalue weighted by molar-refractivity contribution is -0.136. The molecule has 2 N–H and O–H groups in total. The molecule has 0 atom stereocenters. The van der Waals surface area contributed by atoms with Gasteiger partial charge in [0.05, 0.1) is 11.3 Å². The Morgan fingerprint density at radius 1 is 1.28 bits per heavy atom. The molecule has 1 saturated carbocycles. The molecule has 3 nitrogen and oxygen atoms in total. The zero-order valence-corrected chi connectivity index (χ0v) is 9.55. The van der Waals surface area contributed by atoms with Crippen LogP contribution in [-0.4, -0.2) is 12.6 Å². The van der Waals surface area contributed by atoms with Crippen LogP contribution in [0.5, 0.6) is 0 Å². The summed E-state index contributed by atoms with van der Waals surface area (Å²) in [7, 11) is 0. The zero-order valence-electron chi connectivity index (χ0n) is 9.55. The summed E-state index contributed by atoms with van der Waals surface area (Å²) in [5.41, 5.74) is -1.06. The Morgan fingerprint density at radius 3 is 2.56 bits per heavy atom. The molecule has 98 valence electrons. The van der Waals surface area contributed by atoms with Crippen LogP contribution < -0.4 is 10.6 Å². The van der Waals surface area contributed by atoms with Crippen LogP contribution in [0.4, 0.5) is 23.7 Å². The Bertz CT molecular complexity index is 441. The van der Waals surface area contributed by atoms with Gasteiger partial charge in [0.2, 0.25) is 0 Å². The minimum absolute atomic E-state index is 0.224. The van der Waals surface area contributed by atoms with Crippen molar-refractivity contribution in [2.45, 2.75) is 19.0 Å². The molecule has 0 aromatic heterocycles. The molecule has 1 aromatic rings. The first-order valence-corrected chi connectivity index (χ1v) is 5.68. The first-order chi connectivity index (χ1) is 8.47. The van der Waals surface area contributed by atoms with Gasteiger partial charge in [0.15, 0.2) is 0 Å². The van der Waals surface area contributed by atoms with Gasteiger partial charge in [-0.25, -0.2) is 4.79 Å². The van der Waals surface area contributed by atoms with Crippen LogP contribution in [0.3, 0.4) is 0 Å². The van der Waals surface area contributed by atoms with E-state index in [4.69, 9.17) is 0 Å². The largest absolute Gasteiger partial charge is 0.418 e. The lowest BCUT2D eigenvalue weighted by atomic mass is 10.1. The molecular weight excluding hydrogens is 245 g/mol. The smallest absolute Gasteiger partial charge is 0.338 e. The number of halogens is 3. The van der Waals surface area contributed by atoms with Crippen LogP contribution in [0.2, 0.25) is 0 Å². The number of amides is 2. The normalized spacial score (nSPS) is 15.3. The zero-order chi connectivity index (χ0) is 13.2. The number of hydrogen-bond acceptors (Lipinski definition) is 1. The fourth-order valence-electron chi connectivity index (χ4n) is 1.56. The highest BCUT2D eigenvalue weighted by atomic mass is 19.4. The van der Waals surface area contributed by atoms with Crippen molar-refractivity contribution in [3.8, 4) is 0 Å². The Kier molecular flexibility index (Phi) is 3.45. The first-order valence-electron chi connectivity index (χ1n) is 5.68. The maximum absolute atomic E-state index is 12.7. The summed E-state index contributed by atoms with van der Waals surface area (Å²) in [4.78, 5) is 11.4. The number of carbonyl (C=O) groups excluding carboxylic acids is 1. The highest BCUT2D eigenvalue weighted by Gasteiger charge is 2.33. The summed E-state index contributed by atoms with van der Waals surface area (Å²) in [6, 6.07) is 4.32. The van der Waals surface area contributed by atoms with Gasteiger partial charge in [-0.15, -0.1) is 0 Å². The van der Waals surface area contributed by atoms with Crippen molar-refractivity contribution in [1.29, 1.82) is 0 Å². The number of hydrogen-bond donors (Lipinski definition) is 2. The average Bonchev–Trinajstić information content (AvgIpc) is 3.09. The molecule has 1 aliphatic carbocycles. The van der Waals surface area contributed by atoms with Crippen LogP contribution in [0.1, 0.15) is 18.4 Å². The Balaban J connectivity index is 2.01. The third-order valence-electron chi connectivity index (χ3n) is 2.73. The van der Waals surface area contributed by atoms with Crippen molar-refractivity contribution in [3.05, 3.63) is 29.8 Å². The van der Waals surface area contributed by atoms with Gasteiger partial charge in [-0.3, -0.25) is 0 Å². The molecule has 1 aliphatic rings. The minimum atomic E-state index is -4.47. The minimum Gasteiger partial charge on any atom is -0.338 e. The predicted octanol–water partition coefficient (Wildman–Crippen LogP) is 3.24. The van der Waals surface area contributed by atoms with Crippen LogP contribution in [0.15, 0.2) is 24.3 Å². The van der Waals surface area contributed by atoms with E-state index in [0.29, 0.717) is 12.5 Å². The monoisotopic (exact) mass is 258 g/mol. The second kappa shape index (κ2) is 4.88. The van der Waals surface area contributed by atoms with E-state index >= 15 is 0 Å². The molecule has 1 aromatic carbocycles. The van der Waals surface area contributed by atoms with E-state index < -0.39 is 17.8 Å². The van der Waals surface area contributed by atoms with E-state index in [0.717, 1.165) is 18.9 Å². The molecule has 0 bridgehead atoms. The van der Waals surface area contributed by atoms with E-state index in [2.05, 4.69) is 10.6 Å². The van der Waals surface area contributed by atoms with Gasteiger partial charge in [0.1, 0.15) is 0 Å². The molecule has 1 fully saturated rings. The Morgan fingerprint density at radius 2 is 1.94 bits per heavy atom. The molecule has 2 amide bonds. The van der Waals surface area contributed by atoms with Crippen LogP contribution in [0, 0.1) is 5.92 Å². The molecule has 0 unspecified atom stereocenters. The number of benzene rings is 1. The van der Waals surface area contributed by atoms with E-state index in [1.807, 2.05) is 0 Å². The highest BCUT2D eigenvalue weighted by molar-refractivity contribution is 5.90. The van der Waals surface area contributed by atoms with Crippen LogP contribution in [0.25, 0.3) is 0 Å². The van der Waals surface area contributed by atoms with Crippen molar-refractivity contribution in [2.75, 3.05) is 11.9 Å². The fraction of sp³-hybridized carbons (Fsp3) is 0.417. The SMILES string of the molecule is O=C(NCC1CC1)Nc1ccccc1C(F)(F)F. The molecule has 6 heteroatoms. The summed E-state index contributed by atoms with van der Waals surface area (Å²) < 4.78 is 38.0. The van der Waals surface area contributed by atoms with Gasteiger partial charge in [0.25, 0.3) is 0 Å². The molecule has 18 heavy (non-hydrogen) atoms. The number of urea groups is 1. The third-order valence-corrected chi connectivity index (χ3v) is 2.73. The fourth-order valence-corrected chi connectivity index (χ4v) is 1.56. The van der Waals surface area contributed by atoms with E-state index in [9.17, 15) is 18.0 Å². The summed E-state index contributed by atoms with van der Waals surface area (Å²) in [6.45, 7) is 0.514. The van der Waals surface area contributed by atoms with Crippen LogP contribution >= 0.6 is 0 Å². The van der Waals surface area contributed by atoms with Crippen LogP contribution in [-0.2, 0) is 6.18 Å². The van der Waals surface area contributed by atoms with Crippen molar-refractivity contribution in [3.63, 3.8) is 0 Å². The maximum atomic E-state index is 12.7. The highest BCUT2D eigenvalue weighted by Crippen LogP contribution is 2.34. The molecule has 2 rings (SSSR count). The molecular formula is C12H13F3N2O. The third kappa shape index (κ3) is 3.38. The molecule has 0 spiro atoms. The maximum Gasteiger partial charge on any atom is 0.418 e. The first kappa shape index (κ1) is 12.7. The van der Waals surface area contributed by atoms with Gasteiger partial charge in [-0.2, -0.15) is 13.2 Å². The number of para-hydroxylation sites is 1. The lowest BCUT2D eigenvalue weighted by Gasteiger charge is -2.13. The van der Waals surface area contributed by atoms with Gasteiger partial charge < -0.3 is 10.6 Å². The van der Waals surface area contributed by atoms with Gasteiger partial charge in [-0.1, -0.05) is 12.1 Å². The van der Waals surface area contributed by atoms with Crippen molar-refractivity contribution >= 4 is 11.7 Å². The molecule has 0 heterocycles. The predicted molar refractivity (Wildman–Crippen MR) is 61.2 cm³/mol. The number of carbonyl (C=O) groups is 1.